The molecule has 7 rings (SSSR count). The molecule has 59 heavy (non-hydrogen) atoms. The summed E-state index contributed by atoms with van der Waals surface area (Å²) in [6, 6.07) is 31.7. The van der Waals surface area contributed by atoms with Gasteiger partial charge in [-0.1, -0.05) is 48.0 Å². The van der Waals surface area contributed by atoms with Gasteiger partial charge < -0.3 is 15.1 Å². The average molecular weight is 855 g/mol. The molecule has 5 aromatic carbocycles. The van der Waals surface area contributed by atoms with Crippen LogP contribution in [-0.4, -0.2) is 91.7 Å². The molecule has 0 radical (unpaired) electrons. The van der Waals surface area contributed by atoms with E-state index in [9.17, 15) is 22.9 Å². The van der Waals surface area contributed by atoms with Crippen molar-refractivity contribution in [2.24, 2.45) is 0 Å². The van der Waals surface area contributed by atoms with Crippen molar-refractivity contribution in [3.63, 3.8) is 0 Å². The Bertz CT molecular complexity index is 2530. The number of nitro benzene ring substituents is 1. The number of hydrogen-bond acceptors (Lipinski definition) is 11. The van der Waals surface area contributed by atoms with Gasteiger partial charge in [0.25, 0.3) is 15.7 Å². The zero-order valence-corrected chi connectivity index (χ0v) is 35.0. The van der Waals surface area contributed by atoms with E-state index in [2.05, 4.69) is 48.0 Å². The van der Waals surface area contributed by atoms with Gasteiger partial charge in [-0.15, -0.1) is 11.8 Å². The van der Waals surface area contributed by atoms with Crippen molar-refractivity contribution >= 4 is 67.2 Å². The molecule has 1 saturated heterocycles. The Morgan fingerprint density at radius 2 is 1.69 bits per heavy atom. The van der Waals surface area contributed by atoms with Crippen LogP contribution in [0.4, 0.5) is 27.3 Å². The molecule has 0 aliphatic carbocycles. The van der Waals surface area contributed by atoms with Gasteiger partial charge in [0.15, 0.2) is 5.82 Å². The van der Waals surface area contributed by atoms with Crippen molar-refractivity contribution in [2.75, 3.05) is 67.5 Å². The molecule has 306 valence electrons. The number of anilines is 3. The third kappa shape index (κ3) is 10.7. The highest BCUT2D eigenvalue weighted by atomic mass is 35.5. The van der Waals surface area contributed by atoms with E-state index < -0.39 is 14.9 Å². The Morgan fingerprint density at radius 1 is 0.932 bits per heavy atom. The van der Waals surface area contributed by atoms with Gasteiger partial charge in [-0.05, 0) is 110 Å². The first kappa shape index (κ1) is 41.8. The maximum atomic E-state index is 13.7. The lowest BCUT2D eigenvalue weighted by Crippen LogP contribution is -2.46. The zero-order chi connectivity index (χ0) is 41.5. The minimum atomic E-state index is -4.30. The highest BCUT2D eigenvalue weighted by Gasteiger charge is 2.25. The molecule has 0 amide bonds. The van der Waals surface area contributed by atoms with Crippen LogP contribution >= 0.6 is 23.4 Å². The lowest BCUT2D eigenvalue weighted by atomic mass is 9.99. The quantitative estimate of drug-likeness (QED) is 0.0550. The van der Waals surface area contributed by atoms with Crippen molar-refractivity contribution in [3.05, 3.63) is 142 Å². The number of benzene rings is 5. The zero-order valence-electron chi connectivity index (χ0n) is 32.6. The van der Waals surface area contributed by atoms with Crippen LogP contribution < -0.4 is 14.9 Å². The Hall–Kier alpha value is -5.32. The molecule has 12 nitrogen and oxygen atoms in total. The van der Waals surface area contributed by atoms with Crippen LogP contribution in [0.3, 0.4) is 0 Å². The van der Waals surface area contributed by atoms with Crippen LogP contribution in [0, 0.1) is 15.9 Å². The number of aromatic nitrogens is 2. The average Bonchev–Trinajstić information content (AvgIpc) is 3.23. The Labute approximate surface area is 352 Å². The summed E-state index contributed by atoms with van der Waals surface area (Å²) in [5, 5.41) is 16.8. The number of fused-ring (bicyclic) bond motifs is 1. The second-order valence-corrected chi connectivity index (χ2v) is 17.8. The smallest absolute Gasteiger partial charge is 0.293 e. The standard InChI is InChI=1S/C43H44ClFN8O4S2/c1-50(2)19-18-34(28-58-36-12-9-33(45)10-13-36)48-40-17-14-37(26-42(40)53(54)55)59(56,57)49-43-39-16-11-35(25-41(39)46-29-47-43)52-22-20-51(21-23-52)27-31-24-32(44)8-15-38(31)30-6-4-3-5-7-30/h3-17,24-26,29,34,48H,18-23,27-28H2,1-2H3,(H,46,47,49). The van der Waals surface area contributed by atoms with Crippen molar-refractivity contribution in [1.82, 2.24) is 19.8 Å². The number of piperazine rings is 1. The fourth-order valence-corrected chi connectivity index (χ4v) is 9.23. The fourth-order valence-electron chi connectivity index (χ4n) is 7.02. The first-order valence-electron chi connectivity index (χ1n) is 19.1. The molecule has 1 aromatic heterocycles. The summed E-state index contributed by atoms with van der Waals surface area (Å²) < 4.78 is 43.5. The van der Waals surface area contributed by atoms with Gasteiger partial charge >= 0.3 is 0 Å². The minimum absolute atomic E-state index is 0.0635. The molecule has 16 heteroatoms. The molecule has 0 saturated carbocycles. The molecular weight excluding hydrogens is 811 g/mol. The van der Waals surface area contributed by atoms with Crippen LogP contribution in [-0.2, 0) is 16.6 Å². The third-order valence-corrected chi connectivity index (χ3v) is 12.9. The second-order valence-electron chi connectivity index (χ2n) is 14.6. The lowest BCUT2D eigenvalue weighted by Gasteiger charge is -2.36. The molecule has 0 spiro atoms. The number of thioether (sulfide) groups is 1. The fraction of sp³-hybridized carbons (Fsp3) is 0.256. The predicted octanol–water partition coefficient (Wildman–Crippen LogP) is 8.65. The van der Waals surface area contributed by atoms with E-state index in [-0.39, 0.29) is 33.9 Å². The van der Waals surface area contributed by atoms with Crippen LogP contribution in [0.5, 0.6) is 0 Å². The number of halogens is 2. The summed E-state index contributed by atoms with van der Waals surface area (Å²) in [5.41, 5.74) is 4.82. The van der Waals surface area contributed by atoms with E-state index in [4.69, 9.17) is 11.6 Å². The molecule has 1 unspecified atom stereocenters. The summed E-state index contributed by atoms with van der Waals surface area (Å²) in [7, 11) is -0.427. The van der Waals surface area contributed by atoms with Gasteiger partial charge in [-0.3, -0.25) is 19.7 Å². The van der Waals surface area contributed by atoms with E-state index in [0.717, 1.165) is 54.9 Å². The third-order valence-electron chi connectivity index (χ3n) is 10.2. The van der Waals surface area contributed by atoms with Crippen LogP contribution in [0.15, 0.2) is 125 Å². The maximum Gasteiger partial charge on any atom is 0.293 e. The van der Waals surface area contributed by atoms with E-state index >= 15 is 0 Å². The van der Waals surface area contributed by atoms with E-state index in [1.807, 2.05) is 61.5 Å². The SMILES string of the molecule is CN(C)CCC(CSc1ccc(F)cc1)Nc1ccc(S(=O)(=O)Nc2ncnc3cc(N4CCN(Cc5cc(Cl)ccc5-c5ccccc5)CC4)ccc23)cc1[N+](=O)[O-]. The van der Waals surface area contributed by atoms with Crippen molar-refractivity contribution < 1.29 is 17.7 Å². The number of hydrogen-bond donors (Lipinski definition) is 2. The predicted molar refractivity (Wildman–Crippen MR) is 236 cm³/mol. The highest BCUT2D eigenvalue weighted by Crippen LogP contribution is 2.33. The molecule has 2 N–H and O–H groups in total. The van der Waals surface area contributed by atoms with Crippen LogP contribution in [0.25, 0.3) is 22.0 Å². The first-order valence-corrected chi connectivity index (χ1v) is 21.9. The van der Waals surface area contributed by atoms with Gasteiger partial charge in [-0.25, -0.2) is 22.8 Å². The van der Waals surface area contributed by atoms with Crippen LogP contribution in [0.1, 0.15) is 12.0 Å². The number of sulfonamides is 1. The van der Waals surface area contributed by atoms with Crippen LogP contribution in [0.2, 0.25) is 5.02 Å². The molecule has 1 atom stereocenters. The molecule has 6 aromatic rings. The molecule has 0 bridgehead atoms. The van der Waals surface area contributed by atoms with E-state index in [0.29, 0.717) is 34.6 Å². The number of nitrogens with one attached hydrogen (secondary N) is 2. The van der Waals surface area contributed by atoms with Crippen molar-refractivity contribution in [3.8, 4) is 11.1 Å². The first-order chi connectivity index (χ1) is 28.4. The van der Waals surface area contributed by atoms with Gasteiger partial charge in [0.05, 0.1) is 15.3 Å². The summed E-state index contributed by atoms with van der Waals surface area (Å²) in [6.45, 7) is 4.71. The minimum Gasteiger partial charge on any atom is -0.376 e. The number of nitrogens with zero attached hydrogens (tertiary/aromatic N) is 6. The highest BCUT2D eigenvalue weighted by molar-refractivity contribution is 7.99. The van der Waals surface area contributed by atoms with E-state index in [1.165, 1.54) is 53.5 Å². The molecule has 1 fully saturated rings. The van der Waals surface area contributed by atoms with Gasteiger partial charge in [0.1, 0.15) is 17.8 Å². The van der Waals surface area contributed by atoms with Gasteiger partial charge in [-0.2, -0.15) is 0 Å². The normalized spacial score (nSPS) is 14.1. The number of rotatable bonds is 16. The molecule has 1 aliphatic rings. The monoisotopic (exact) mass is 854 g/mol. The Balaban J connectivity index is 1.03. The van der Waals surface area contributed by atoms with Crippen molar-refractivity contribution in [1.29, 1.82) is 0 Å². The van der Waals surface area contributed by atoms with Gasteiger partial charge in [0, 0.05) is 71.6 Å². The maximum absolute atomic E-state index is 13.7. The van der Waals surface area contributed by atoms with Crippen molar-refractivity contribution in [2.45, 2.75) is 28.8 Å². The summed E-state index contributed by atoms with van der Waals surface area (Å²) in [4.78, 5) is 27.7. The topological polar surface area (TPSA) is 137 Å². The molecular formula is C43H44ClFN8O4S2. The molecule has 2 heterocycles. The summed E-state index contributed by atoms with van der Waals surface area (Å²) in [6.07, 6.45) is 1.95. The number of nitro groups is 1. The summed E-state index contributed by atoms with van der Waals surface area (Å²) >= 11 is 7.92. The largest absolute Gasteiger partial charge is 0.376 e. The Kier molecular flexibility index (Phi) is 13.3. The summed E-state index contributed by atoms with van der Waals surface area (Å²) in [5.74, 6) is 0.272. The molecule has 1 aliphatic heterocycles. The lowest BCUT2D eigenvalue weighted by molar-refractivity contribution is -0.384. The Morgan fingerprint density at radius 3 is 2.42 bits per heavy atom. The van der Waals surface area contributed by atoms with Gasteiger partial charge in [0.2, 0.25) is 0 Å². The van der Waals surface area contributed by atoms with E-state index in [1.54, 1.807) is 18.2 Å². The second kappa shape index (κ2) is 18.7.